The zero-order chi connectivity index (χ0) is 13.0. The van der Waals surface area contributed by atoms with Gasteiger partial charge in [0.2, 0.25) is 5.82 Å². The molecule has 0 spiro atoms. The predicted molar refractivity (Wildman–Crippen MR) is 66.9 cm³/mol. The topological polar surface area (TPSA) is 65.1 Å². The Morgan fingerprint density at radius 3 is 2.72 bits per heavy atom. The van der Waals surface area contributed by atoms with Crippen molar-refractivity contribution in [3.05, 3.63) is 11.6 Å². The third-order valence-corrected chi connectivity index (χ3v) is 3.03. The number of hydrogen-bond donors (Lipinski definition) is 1. The van der Waals surface area contributed by atoms with E-state index in [9.17, 15) is 4.79 Å². The monoisotopic (exact) mass is 247 g/mol. The maximum Gasteiger partial charge on any atom is 0.293 e. The zero-order valence-electron chi connectivity index (χ0n) is 10.5. The van der Waals surface area contributed by atoms with Crippen molar-refractivity contribution < 1.29 is 4.79 Å². The zero-order valence-corrected chi connectivity index (χ0v) is 10.5. The van der Waals surface area contributed by atoms with Crippen LogP contribution in [0.15, 0.2) is 0 Å². The largest absolute Gasteiger partial charge is 0.333 e. The molecule has 6 nitrogen and oxygen atoms in total. The van der Waals surface area contributed by atoms with Crippen molar-refractivity contribution in [3.63, 3.8) is 0 Å². The molecule has 6 heteroatoms. The van der Waals surface area contributed by atoms with E-state index in [0.717, 1.165) is 25.3 Å². The molecule has 1 amide bonds. The number of amides is 1. The quantitative estimate of drug-likeness (QED) is 0.749. The number of terminal acetylenes is 1. The molecule has 0 saturated carbocycles. The average Bonchev–Trinajstić information content (AvgIpc) is 2.88. The second kappa shape index (κ2) is 5.65. The highest BCUT2D eigenvalue weighted by Gasteiger charge is 2.24. The normalized spacial score (nSPS) is 16.6. The highest BCUT2D eigenvalue weighted by Crippen LogP contribution is 2.05. The van der Waals surface area contributed by atoms with Crippen molar-refractivity contribution in [2.75, 3.05) is 32.7 Å². The second-order valence-corrected chi connectivity index (χ2v) is 4.23. The Morgan fingerprint density at radius 1 is 1.44 bits per heavy atom. The molecule has 96 valence electrons. The fourth-order valence-corrected chi connectivity index (χ4v) is 1.93. The first kappa shape index (κ1) is 12.6. The van der Waals surface area contributed by atoms with Crippen LogP contribution in [0.25, 0.3) is 0 Å². The highest BCUT2D eigenvalue weighted by atomic mass is 16.2. The summed E-state index contributed by atoms with van der Waals surface area (Å²) >= 11 is 0. The van der Waals surface area contributed by atoms with Crippen molar-refractivity contribution in [1.29, 1.82) is 0 Å². The summed E-state index contributed by atoms with van der Waals surface area (Å²) in [5.74, 6) is 3.51. The summed E-state index contributed by atoms with van der Waals surface area (Å²) < 4.78 is 0. The minimum atomic E-state index is -0.105. The fourth-order valence-electron chi connectivity index (χ4n) is 1.93. The molecule has 1 aromatic rings. The Balaban J connectivity index is 1.93. The first-order valence-electron chi connectivity index (χ1n) is 6.11. The van der Waals surface area contributed by atoms with Crippen molar-refractivity contribution in [3.8, 4) is 12.3 Å². The van der Waals surface area contributed by atoms with E-state index in [0.29, 0.717) is 19.6 Å². The van der Waals surface area contributed by atoms with Crippen molar-refractivity contribution in [1.82, 2.24) is 25.0 Å². The van der Waals surface area contributed by atoms with Gasteiger partial charge in [0, 0.05) is 32.6 Å². The minimum absolute atomic E-state index is 0.105. The lowest BCUT2D eigenvalue weighted by Crippen LogP contribution is -2.48. The molecule has 18 heavy (non-hydrogen) atoms. The van der Waals surface area contributed by atoms with Gasteiger partial charge in [0.05, 0.1) is 6.54 Å². The Bertz CT molecular complexity index is 453. The predicted octanol–water partition coefficient (Wildman–Crippen LogP) is -0.242. The van der Waals surface area contributed by atoms with Crippen LogP contribution in [0.5, 0.6) is 0 Å². The number of piperazine rings is 1. The molecular formula is C12H17N5O. The fraction of sp³-hybridized carbons (Fsp3) is 0.583. The van der Waals surface area contributed by atoms with Crippen molar-refractivity contribution >= 4 is 5.91 Å². The van der Waals surface area contributed by atoms with Gasteiger partial charge in [-0.15, -0.1) is 11.5 Å². The van der Waals surface area contributed by atoms with Crippen LogP contribution in [0.4, 0.5) is 0 Å². The van der Waals surface area contributed by atoms with E-state index in [2.05, 4.69) is 26.0 Å². The number of aryl methyl sites for hydroxylation is 1. The van der Waals surface area contributed by atoms with Crippen LogP contribution in [-0.4, -0.2) is 63.6 Å². The molecule has 1 saturated heterocycles. The molecule has 1 fully saturated rings. The summed E-state index contributed by atoms with van der Waals surface area (Å²) in [6.45, 7) is 5.57. The molecule has 0 radical (unpaired) electrons. The third-order valence-electron chi connectivity index (χ3n) is 3.03. The van der Waals surface area contributed by atoms with Gasteiger partial charge in [0.25, 0.3) is 5.91 Å². The molecule has 0 unspecified atom stereocenters. The lowest BCUT2D eigenvalue weighted by molar-refractivity contribution is 0.0640. The Morgan fingerprint density at radius 2 is 2.17 bits per heavy atom. The van der Waals surface area contributed by atoms with Crippen LogP contribution < -0.4 is 0 Å². The van der Waals surface area contributed by atoms with Crippen LogP contribution in [0.1, 0.15) is 23.4 Å². The summed E-state index contributed by atoms with van der Waals surface area (Å²) in [7, 11) is 0. The van der Waals surface area contributed by atoms with Crippen molar-refractivity contribution in [2.24, 2.45) is 0 Å². The average molecular weight is 247 g/mol. The number of carbonyl (C=O) groups is 1. The van der Waals surface area contributed by atoms with Gasteiger partial charge in [-0.25, -0.2) is 4.98 Å². The van der Waals surface area contributed by atoms with E-state index >= 15 is 0 Å². The summed E-state index contributed by atoms with van der Waals surface area (Å²) in [5.41, 5.74) is 0. The molecular weight excluding hydrogens is 230 g/mol. The molecule has 0 aromatic carbocycles. The SMILES string of the molecule is C#CCN1CCN(C(=O)c2n[nH]c(CC)n2)CC1. The molecule has 0 aliphatic carbocycles. The Labute approximate surface area is 106 Å². The van der Waals surface area contributed by atoms with Gasteiger partial charge in [0.15, 0.2) is 0 Å². The second-order valence-electron chi connectivity index (χ2n) is 4.23. The smallest absolute Gasteiger partial charge is 0.293 e. The van der Waals surface area contributed by atoms with E-state index in [4.69, 9.17) is 6.42 Å². The molecule has 1 N–H and O–H groups in total. The summed E-state index contributed by atoms with van der Waals surface area (Å²) in [6.07, 6.45) is 6.01. The van der Waals surface area contributed by atoms with Gasteiger partial charge in [-0.2, -0.15) is 0 Å². The van der Waals surface area contributed by atoms with Crippen LogP contribution in [-0.2, 0) is 6.42 Å². The highest BCUT2D eigenvalue weighted by molar-refractivity contribution is 5.90. The Kier molecular flexibility index (Phi) is 3.95. The van der Waals surface area contributed by atoms with Crippen LogP contribution >= 0.6 is 0 Å². The standard InChI is InChI=1S/C12H17N5O/c1-3-5-16-6-8-17(9-7-16)12(18)11-13-10(4-2)14-15-11/h1H,4-9H2,2H3,(H,13,14,15). The number of aromatic nitrogens is 3. The van der Waals surface area contributed by atoms with E-state index < -0.39 is 0 Å². The maximum atomic E-state index is 12.1. The lowest BCUT2D eigenvalue weighted by Gasteiger charge is -2.32. The third kappa shape index (κ3) is 2.68. The minimum Gasteiger partial charge on any atom is -0.333 e. The summed E-state index contributed by atoms with van der Waals surface area (Å²) in [6, 6.07) is 0. The van der Waals surface area contributed by atoms with Crippen LogP contribution in [0, 0.1) is 12.3 Å². The Hall–Kier alpha value is -1.87. The lowest BCUT2D eigenvalue weighted by atomic mass is 10.3. The number of aromatic amines is 1. The first-order chi connectivity index (χ1) is 8.74. The molecule has 2 heterocycles. The van der Waals surface area contributed by atoms with Gasteiger partial charge in [-0.3, -0.25) is 14.8 Å². The number of nitrogens with one attached hydrogen (secondary N) is 1. The maximum absolute atomic E-state index is 12.1. The number of nitrogens with zero attached hydrogens (tertiary/aromatic N) is 4. The van der Waals surface area contributed by atoms with Gasteiger partial charge in [0.1, 0.15) is 5.82 Å². The van der Waals surface area contributed by atoms with Gasteiger partial charge < -0.3 is 4.90 Å². The summed E-state index contributed by atoms with van der Waals surface area (Å²) in [5, 5.41) is 6.70. The van der Waals surface area contributed by atoms with E-state index in [1.54, 1.807) is 4.90 Å². The first-order valence-corrected chi connectivity index (χ1v) is 6.11. The molecule has 1 aliphatic rings. The molecule has 0 atom stereocenters. The van der Waals surface area contributed by atoms with E-state index in [1.165, 1.54) is 0 Å². The number of carbonyl (C=O) groups excluding carboxylic acids is 1. The van der Waals surface area contributed by atoms with Crippen LogP contribution in [0.2, 0.25) is 0 Å². The van der Waals surface area contributed by atoms with Crippen molar-refractivity contribution in [2.45, 2.75) is 13.3 Å². The van der Waals surface area contributed by atoms with E-state index in [1.807, 2.05) is 6.92 Å². The van der Waals surface area contributed by atoms with E-state index in [-0.39, 0.29) is 11.7 Å². The molecule has 0 bridgehead atoms. The van der Waals surface area contributed by atoms with Gasteiger partial charge in [-0.1, -0.05) is 12.8 Å². The number of H-pyrrole nitrogens is 1. The number of hydrogen-bond acceptors (Lipinski definition) is 4. The number of rotatable bonds is 3. The molecule has 1 aromatic heterocycles. The molecule has 2 rings (SSSR count). The van der Waals surface area contributed by atoms with Gasteiger partial charge in [-0.05, 0) is 0 Å². The molecule has 1 aliphatic heterocycles. The van der Waals surface area contributed by atoms with Gasteiger partial charge >= 0.3 is 0 Å². The summed E-state index contributed by atoms with van der Waals surface area (Å²) in [4.78, 5) is 20.2. The van der Waals surface area contributed by atoms with Crippen LogP contribution in [0.3, 0.4) is 0 Å².